The van der Waals surface area contributed by atoms with Crippen molar-refractivity contribution in [3.8, 4) is 0 Å². The molecule has 1 rings (SSSR count). The zero-order valence-corrected chi connectivity index (χ0v) is 11.0. The van der Waals surface area contributed by atoms with Crippen molar-refractivity contribution in [3.63, 3.8) is 0 Å². The third kappa shape index (κ3) is 4.37. The van der Waals surface area contributed by atoms with Gasteiger partial charge in [0.2, 0.25) is 0 Å². The molecule has 0 radical (unpaired) electrons. The SMILES string of the molecule is CN(CCCCCO)C(CN)c1ccccc1F. The second-order valence-electron chi connectivity index (χ2n) is 4.54. The first-order valence-corrected chi connectivity index (χ1v) is 6.46. The predicted octanol–water partition coefficient (Wildman–Crippen LogP) is 1.92. The van der Waals surface area contributed by atoms with Gasteiger partial charge in [-0.1, -0.05) is 18.2 Å². The highest BCUT2D eigenvalue weighted by molar-refractivity contribution is 5.21. The second kappa shape index (κ2) is 8.19. The summed E-state index contributed by atoms with van der Waals surface area (Å²) in [4.78, 5) is 2.08. The minimum Gasteiger partial charge on any atom is -0.396 e. The Balaban J connectivity index is 2.57. The number of benzene rings is 1. The summed E-state index contributed by atoms with van der Waals surface area (Å²) < 4.78 is 13.7. The topological polar surface area (TPSA) is 49.5 Å². The summed E-state index contributed by atoms with van der Waals surface area (Å²) in [7, 11) is 1.96. The minimum absolute atomic E-state index is 0.0830. The van der Waals surface area contributed by atoms with E-state index in [0.29, 0.717) is 12.1 Å². The van der Waals surface area contributed by atoms with Gasteiger partial charge in [0.1, 0.15) is 5.82 Å². The maximum Gasteiger partial charge on any atom is 0.128 e. The second-order valence-corrected chi connectivity index (χ2v) is 4.54. The van der Waals surface area contributed by atoms with Crippen LogP contribution in [-0.4, -0.2) is 36.8 Å². The Morgan fingerprint density at radius 1 is 1.28 bits per heavy atom. The fraction of sp³-hybridized carbons (Fsp3) is 0.571. The Morgan fingerprint density at radius 3 is 2.61 bits per heavy atom. The molecule has 18 heavy (non-hydrogen) atoms. The maximum absolute atomic E-state index is 13.7. The normalized spacial score (nSPS) is 12.9. The lowest BCUT2D eigenvalue weighted by Gasteiger charge is -2.27. The van der Waals surface area contributed by atoms with Crippen LogP contribution >= 0.6 is 0 Å². The van der Waals surface area contributed by atoms with Gasteiger partial charge in [0.25, 0.3) is 0 Å². The number of nitrogens with zero attached hydrogens (tertiary/aromatic N) is 1. The summed E-state index contributed by atoms with van der Waals surface area (Å²) in [6, 6.07) is 6.70. The molecule has 3 nitrogen and oxygen atoms in total. The molecule has 1 aromatic rings. The number of hydrogen-bond donors (Lipinski definition) is 2. The van der Waals surface area contributed by atoms with Gasteiger partial charge in [0.05, 0.1) is 0 Å². The molecule has 0 fully saturated rings. The van der Waals surface area contributed by atoms with Crippen LogP contribution in [0.1, 0.15) is 30.9 Å². The van der Waals surface area contributed by atoms with Gasteiger partial charge in [0, 0.05) is 24.8 Å². The Kier molecular flexibility index (Phi) is 6.86. The van der Waals surface area contributed by atoms with Crippen LogP contribution in [0.3, 0.4) is 0 Å². The molecule has 1 unspecified atom stereocenters. The summed E-state index contributed by atoms with van der Waals surface area (Å²) in [6.07, 6.45) is 2.79. The Labute approximate surface area is 108 Å². The third-order valence-electron chi connectivity index (χ3n) is 3.19. The predicted molar refractivity (Wildman–Crippen MR) is 71.8 cm³/mol. The highest BCUT2D eigenvalue weighted by Crippen LogP contribution is 2.21. The molecule has 0 aliphatic carbocycles. The van der Waals surface area contributed by atoms with Gasteiger partial charge in [-0.25, -0.2) is 4.39 Å². The highest BCUT2D eigenvalue weighted by Gasteiger charge is 2.17. The number of nitrogens with two attached hydrogens (primary N) is 1. The van der Waals surface area contributed by atoms with Gasteiger partial charge >= 0.3 is 0 Å². The van der Waals surface area contributed by atoms with E-state index in [1.54, 1.807) is 12.1 Å². The Morgan fingerprint density at radius 2 is 2.00 bits per heavy atom. The number of halogens is 1. The molecule has 3 N–H and O–H groups in total. The molecule has 0 aromatic heterocycles. The van der Waals surface area contributed by atoms with Gasteiger partial charge in [0.15, 0.2) is 0 Å². The molecule has 0 aliphatic heterocycles. The van der Waals surface area contributed by atoms with Crippen LogP contribution in [-0.2, 0) is 0 Å². The molecule has 0 heterocycles. The van der Waals surface area contributed by atoms with Gasteiger partial charge in [-0.3, -0.25) is 4.90 Å². The molecule has 0 aliphatic rings. The fourth-order valence-corrected chi connectivity index (χ4v) is 2.10. The van der Waals surface area contributed by atoms with E-state index in [-0.39, 0.29) is 18.5 Å². The number of hydrogen-bond acceptors (Lipinski definition) is 3. The average Bonchev–Trinajstić information content (AvgIpc) is 2.38. The molecule has 0 amide bonds. The number of unbranched alkanes of at least 4 members (excludes halogenated alkanes) is 2. The van der Waals surface area contributed by atoms with E-state index in [1.165, 1.54) is 6.07 Å². The van der Waals surface area contributed by atoms with Crippen LogP contribution in [0.2, 0.25) is 0 Å². The summed E-state index contributed by atoms with van der Waals surface area (Å²) in [5, 5.41) is 8.72. The lowest BCUT2D eigenvalue weighted by molar-refractivity contribution is 0.232. The number of aliphatic hydroxyl groups excluding tert-OH is 1. The monoisotopic (exact) mass is 254 g/mol. The first kappa shape index (κ1) is 15.1. The van der Waals surface area contributed by atoms with Crippen LogP contribution in [0.15, 0.2) is 24.3 Å². The van der Waals surface area contributed by atoms with Crippen molar-refractivity contribution in [2.75, 3.05) is 26.7 Å². The van der Waals surface area contributed by atoms with Crippen molar-refractivity contribution in [1.29, 1.82) is 0 Å². The van der Waals surface area contributed by atoms with Crippen molar-refractivity contribution in [2.45, 2.75) is 25.3 Å². The van der Waals surface area contributed by atoms with E-state index in [2.05, 4.69) is 4.90 Å². The van der Waals surface area contributed by atoms with Gasteiger partial charge < -0.3 is 10.8 Å². The summed E-state index contributed by atoms with van der Waals surface area (Å²) in [5.74, 6) is -0.199. The standard InChI is InChI=1S/C14H23FN2O/c1-17(9-5-2-6-10-18)14(11-16)12-7-3-4-8-13(12)15/h3-4,7-8,14,18H,2,5-6,9-11,16H2,1H3. The Bertz CT molecular complexity index is 346. The molecule has 0 saturated heterocycles. The van der Waals surface area contributed by atoms with Gasteiger partial charge in [-0.15, -0.1) is 0 Å². The zero-order valence-electron chi connectivity index (χ0n) is 11.0. The molecule has 102 valence electrons. The number of aliphatic hydroxyl groups is 1. The van der Waals surface area contributed by atoms with Crippen LogP contribution in [0, 0.1) is 5.82 Å². The van der Waals surface area contributed by atoms with Crippen LogP contribution < -0.4 is 5.73 Å². The van der Waals surface area contributed by atoms with Crippen molar-refractivity contribution >= 4 is 0 Å². The smallest absolute Gasteiger partial charge is 0.128 e. The first-order valence-electron chi connectivity index (χ1n) is 6.46. The summed E-state index contributed by atoms with van der Waals surface area (Å²) >= 11 is 0. The molecule has 1 atom stereocenters. The van der Waals surface area contributed by atoms with Crippen LogP contribution in [0.5, 0.6) is 0 Å². The van der Waals surface area contributed by atoms with Crippen molar-refractivity contribution in [1.82, 2.24) is 4.90 Å². The highest BCUT2D eigenvalue weighted by atomic mass is 19.1. The van der Waals surface area contributed by atoms with Crippen LogP contribution in [0.4, 0.5) is 4.39 Å². The number of rotatable bonds is 8. The summed E-state index contributed by atoms with van der Waals surface area (Å²) in [6.45, 7) is 1.49. The summed E-state index contributed by atoms with van der Waals surface area (Å²) in [5.41, 5.74) is 6.41. The molecular weight excluding hydrogens is 231 g/mol. The van der Waals surface area contributed by atoms with Crippen LogP contribution in [0.25, 0.3) is 0 Å². The molecular formula is C14H23FN2O. The van der Waals surface area contributed by atoms with Crippen molar-refractivity contribution in [2.24, 2.45) is 5.73 Å². The van der Waals surface area contributed by atoms with Crippen molar-refractivity contribution < 1.29 is 9.50 Å². The van der Waals surface area contributed by atoms with E-state index in [0.717, 1.165) is 25.8 Å². The van der Waals surface area contributed by atoms with Gasteiger partial charge in [-0.05, 0) is 38.9 Å². The lowest BCUT2D eigenvalue weighted by atomic mass is 10.0. The van der Waals surface area contributed by atoms with E-state index in [9.17, 15) is 4.39 Å². The van der Waals surface area contributed by atoms with Crippen molar-refractivity contribution in [3.05, 3.63) is 35.6 Å². The average molecular weight is 254 g/mol. The van der Waals surface area contributed by atoms with E-state index in [4.69, 9.17) is 10.8 Å². The first-order chi connectivity index (χ1) is 8.70. The third-order valence-corrected chi connectivity index (χ3v) is 3.19. The van der Waals surface area contributed by atoms with Gasteiger partial charge in [-0.2, -0.15) is 0 Å². The van der Waals surface area contributed by atoms with E-state index >= 15 is 0 Å². The van der Waals surface area contributed by atoms with E-state index < -0.39 is 0 Å². The van der Waals surface area contributed by atoms with E-state index in [1.807, 2.05) is 13.1 Å². The zero-order chi connectivity index (χ0) is 13.4. The molecule has 0 spiro atoms. The minimum atomic E-state index is -0.199. The molecule has 0 bridgehead atoms. The largest absolute Gasteiger partial charge is 0.396 e. The molecule has 1 aromatic carbocycles. The fourth-order valence-electron chi connectivity index (χ4n) is 2.10. The maximum atomic E-state index is 13.7. The molecule has 4 heteroatoms. The quantitative estimate of drug-likeness (QED) is 0.697. The Hall–Kier alpha value is -0.970. The number of likely N-dealkylation sites (N-methyl/N-ethyl adjacent to an activating group) is 1. The molecule has 0 saturated carbocycles. The lowest BCUT2D eigenvalue weighted by Crippen LogP contribution is -2.32.